The van der Waals surface area contributed by atoms with Gasteiger partial charge in [-0.1, -0.05) is 12.1 Å². The summed E-state index contributed by atoms with van der Waals surface area (Å²) in [7, 11) is 0. The van der Waals surface area contributed by atoms with Crippen molar-refractivity contribution >= 4 is 0 Å². The third-order valence-corrected chi connectivity index (χ3v) is 1.78. The van der Waals surface area contributed by atoms with Gasteiger partial charge in [0.15, 0.2) is 0 Å². The van der Waals surface area contributed by atoms with E-state index in [2.05, 4.69) is 5.43 Å². The van der Waals surface area contributed by atoms with Crippen LogP contribution in [0.3, 0.4) is 0 Å². The van der Waals surface area contributed by atoms with E-state index >= 15 is 0 Å². The molecule has 3 heteroatoms. The number of hydrazine groups is 1. The highest BCUT2D eigenvalue weighted by Gasteiger charge is 1.97. The first-order valence-electron chi connectivity index (χ1n) is 3.92. The van der Waals surface area contributed by atoms with Crippen LogP contribution in [0.5, 0.6) is 0 Å². The summed E-state index contributed by atoms with van der Waals surface area (Å²) in [5.41, 5.74) is 4.34. The molecular formula is C9H13FN2. The Labute approximate surface area is 71.6 Å². The van der Waals surface area contributed by atoms with Gasteiger partial charge < -0.3 is 0 Å². The first-order valence-corrected chi connectivity index (χ1v) is 3.92. The van der Waals surface area contributed by atoms with Gasteiger partial charge in [-0.05, 0) is 30.5 Å². The van der Waals surface area contributed by atoms with Gasteiger partial charge in [0, 0.05) is 6.54 Å². The number of aryl methyl sites for hydroxylation is 1. The second-order valence-corrected chi connectivity index (χ2v) is 2.79. The number of nitrogens with one attached hydrogen (secondary N) is 1. The van der Waals surface area contributed by atoms with Crippen molar-refractivity contribution < 1.29 is 4.39 Å². The van der Waals surface area contributed by atoms with Crippen molar-refractivity contribution in [2.75, 3.05) is 6.54 Å². The maximum atomic E-state index is 12.8. The Kier molecular flexibility index (Phi) is 3.19. The normalized spacial score (nSPS) is 10.2. The summed E-state index contributed by atoms with van der Waals surface area (Å²) in [6.45, 7) is 2.47. The second kappa shape index (κ2) is 4.18. The number of rotatable bonds is 3. The average molecular weight is 168 g/mol. The number of hydrogen-bond acceptors (Lipinski definition) is 2. The Morgan fingerprint density at radius 1 is 1.50 bits per heavy atom. The van der Waals surface area contributed by atoms with Crippen molar-refractivity contribution in [3.63, 3.8) is 0 Å². The number of halogens is 1. The lowest BCUT2D eigenvalue weighted by atomic mass is 10.1. The Hall–Kier alpha value is -0.930. The predicted molar refractivity (Wildman–Crippen MR) is 47.0 cm³/mol. The monoisotopic (exact) mass is 168 g/mol. The zero-order valence-corrected chi connectivity index (χ0v) is 7.10. The lowest BCUT2D eigenvalue weighted by Gasteiger charge is -2.02. The highest BCUT2D eigenvalue weighted by atomic mass is 19.1. The highest BCUT2D eigenvalue weighted by Crippen LogP contribution is 2.09. The van der Waals surface area contributed by atoms with Crippen LogP contribution in [0, 0.1) is 12.7 Å². The number of hydrogen-bond donors (Lipinski definition) is 2. The molecule has 0 saturated heterocycles. The second-order valence-electron chi connectivity index (χ2n) is 2.79. The first-order chi connectivity index (χ1) is 5.74. The van der Waals surface area contributed by atoms with Gasteiger partial charge in [0.05, 0.1) is 0 Å². The Morgan fingerprint density at radius 2 is 2.25 bits per heavy atom. The van der Waals surface area contributed by atoms with Crippen LogP contribution in [-0.2, 0) is 6.42 Å². The zero-order valence-electron chi connectivity index (χ0n) is 7.10. The molecule has 0 saturated carbocycles. The summed E-state index contributed by atoms with van der Waals surface area (Å²) in [6.07, 6.45) is 0.831. The van der Waals surface area contributed by atoms with E-state index in [-0.39, 0.29) is 5.82 Å². The largest absolute Gasteiger partial charge is 0.271 e. The molecule has 1 rings (SSSR count). The third kappa shape index (κ3) is 2.29. The smallest absolute Gasteiger partial charge is 0.126 e. The van der Waals surface area contributed by atoms with Gasteiger partial charge in [0.1, 0.15) is 5.82 Å². The molecule has 0 fully saturated rings. The molecule has 0 aliphatic rings. The lowest BCUT2D eigenvalue weighted by molar-refractivity contribution is 0.617. The molecule has 3 N–H and O–H groups in total. The summed E-state index contributed by atoms with van der Waals surface area (Å²) >= 11 is 0. The Bertz CT molecular complexity index is 261. The minimum atomic E-state index is -0.153. The van der Waals surface area contributed by atoms with Crippen LogP contribution in [0.4, 0.5) is 4.39 Å². The molecule has 0 atom stereocenters. The van der Waals surface area contributed by atoms with E-state index in [0.29, 0.717) is 12.1 Å². The van der Waals surface area contributed by atoms with Gasteiger partial charge in [0.2, 0.25) is 0 Å². The molecule has 0 aliphatic carbocycles. The molecule has 2 nitrogen and oxygen atoms in total. The molecule has 12 heavy (non-hydrogen) atoms. The van der Waals surface area contributed by atoms with Gasteiger partial charge in [-0.3, -0.25) is 11.3 Å². The maximum absolute atomic E-state index is 12.8. The van der Waals surface area contributed by atoms with Crippen molar-refractivity contribution in [3.8, 4) is 0 Å². The van der Waals surface area contributed by atoms with E-state index in [1.165, 1.54) is 6.07 Å². The van der Waals surface area contributed by atoms with E-state index < -0.39 is 0 Å². The average Bonchev–Trinajstić information content (AvgIpc) is 2.07. The quantitative estimate of drug-likeness (QED) is 0.524. The fourth-order valence-electron chi connectivity index (χ4n) is 1.08. The minimum absolute atomic E-state index is 0.153. The third-order valence-electron chi connectivity index (χ3n) is 1.78. The van der Waals surface area contributed by atoms with Gasteiger partial charge in [-0.25, -0.2) is 4.39 Å². The molecule has 1 aromatic carbocycles. The first kappa shape index (κ1) is 9.16. The van der Waals surface area contributed by atoms with E-state index in [1.54, 1.807) is 13.0 Å². The number of benzene rings is 1. The minimum Gasteiger partial charge on any atom is -0.271 e. The van der Waals surface area contributed by atoms with Crippen LogP contribution in [0.15, 0.2) is 18.2 Å². The molecule has 0 heterocycles. The molecule has 0 spiro atoms. The fourth-order valence-corrected chi connectivity index (χ4v) is 1.08. The van der Waals surface area contributed by atoms with E-state index in [4.69, 9.17) is 5.84 Å². The van der Waals surface area contributed by atoms with Crippen molar-refractivity contribution in [2.24, 2.45) is 5.84 Å². The van der Waals surface area contributed by atoms with Crippen molar-refractivity contribution in [2.45, 2.75) is 13.3 Å². The fraction of sp³-hybridized carbons (Fsp3) is 0.333. The van der Waals surface area contributed by atoms with Gasteiger partial charge in [-0.15, -0.1) is 0 Å². The molecule has 66 valence electrons. The van der Waals surface area contributed by atoms with Gasteiger partial charge in [-0.2, -0.15) is 0 Å². The molecule has 0 aliphatic heterocycles. The Morgan fingerprint density at radius 3 is 2.83 bits per heavy atom. The number of nitrogens with two attached hydrogens (primary N) is 1. The summed E-state index contributed by atoms with van der Waals surface area (Å²) in [4.78, 5) is 0. The summed E-state index contributed by atoms with van der Waals surface area (Å²) < 4.78 is 12.8. The van der Waals surface area contributed by atoms with Crippen LogP contribution >= 0.6 is 0 Å². The van der Waals surface area contributed by atoms with Crippen LogP contribution in [-0.4, -0.2) is 6.54 Å². The maximum Gasteiger partial charge on any atom is 0.126 e. The van der Waals surface area contributed by atoms with Crippen LogP contribution < -0.4 is 11.3 Å². The summed E-state index contributed by atoms with van der Waals surface area (Å²) in [6, 6.07) is 5.10. The summed E-state index contributed by atoms with van der Waals surface area (Å²) in [5, 5.41) is 0. The predicted octanol–water partition coefficient (Wildman–Crippen LogP) is 1.14. The SMILES string of the molecule is Cc1cc(CCNN)ccc1F. The van der Waals surface area contributed by atoms with E-state index in [0.717, 1.165) is 12.0 Å². The van der Waals surface area contributed by atoms with E-state index in [9.17, 15) is 4.39 Å². The van der Waals surface area contributed by atoms with Gasteiger partial charge in [0.25, 0.3) is 0 Å². The van der Waals surface area contributed by atoms with Crippen LogP contribution in [0.2, 0.25) is 0 Å². The van der Waals surface area contributed by atoms with Gasteiger partial charge >= 0.3 is 0 Å². The van der Waals surface area contributed by atoms with Crippen molar-refractivity contribution in [1.29, 1.82) is 0 Å². The molecule has 0 radical (unpaired) electrons. The van der Waals surface area contributed by atoms with E-state index in [1.807, 2.05) is 6.07 Å². The molecule has 1 aromatic rings. The van der Waals surface area contributed by atoms with Crippen LogP contribution in [0.1, 0.15) is 11.1 Å². The van der Waals surface area contributed by atoms with Crippen LogP contribution in [0.25, 0.3) is 0 Å². The lowest BCUT2D eigenvalue weighted by Crippen LogP contribution is -2.24. The molecule has 0 amide bonds. The molecule has 0 bridgehead atoms. The Balaban J connectivity index is 2.69. The molecule has 0 aromatic heterocycles. The van der Waals surface area contributed by atoms with Crippen molar-refractivity contribution in [1.82, 2.24) is 5.43 Å². The topological polar surface area (TPSA) is 38.0 Å². The standard InChI is InChI=1S/C9H13FN2/c1-7-6-8(4-5-12-11)2-3-9(7)10/h2-3,6,12H,4-5,11H2,1H3. The molecule has 0 unspecified atom stereocenters. The summed E-state index contributed by atoms with van der Waals surface area (Å²) in [5.74, 6) is 4.97. The zero-order chi connectivity index (χ0) is 8.97. The highest BCUT2D eigenvalue weighted by molar-refractivity contribution is 5.24. The van der Waals surface area contributed by atoms with Crippen molar-refractivity contribution in [3.05, 3.63) is 35.1 Å². The molecular weight excluding hydrogens is 155 g/mol.